The highest BCUT2D eigenvalue weighted by atomic mass is 16.2. The molecule has 1 aliphatic heterocycles. The van der Waals surface area contributed by atoms with Crippen LogP contribution >= 0.6 is 0 Å². The van der Waals surface area contributed by atoms with Gasteiger partial charge in [-0.2, -0.15) is 5.10 Å². The normalized spacial score (nSPS) is 13.9. The Hall–Kier alpha value is -4.30. The van der Waals surface area contributed by atoms with Crippen LogP contribution in [0.15, 0.2) is 79.1 Å². The number of nitrogens with zero attached hydrogens (tertiary/aromatic N) is 5. The fraction of sp³-hybridized carbons (Fsp3) is 0.214. The number of carbonyl (C=O) groups is 2. The van der Waals surface area contributed by atoms with Gasteiger partial charge < -0.3 is 15.1 Å². The van der Waals surface area contributed by atoms with E-state index in [9.17, 15) is 9.59 Å². The number of pyridine rings is 1. The number of likely N-dealkylation sites (N-methyl/N-ethyl adjacent to an activating group) is 1. The first kappa shape index (κ1) is 23.4. The van der Waals surface area contributed by atoms with Gasteiger partial charge in [0.2, 0.25) is 5.91 Å². The minimum absolute atomic E-state index is 0.0418. The number of amides is 2. The second-order valence-electron chi connectivity index (χ2n) is 9.11. The van der Waals surface area contributed by atoms with Crippen molar-refractivity contribution in [1.29, 1.82) is 0 Å². The number of benzene rings is 2. The molecule has 2 aromatic carbocycles. The molecule has 2 amide bonds. The lowest BCUT2D eigenvalue weighted by atomic mass is 10.1. The molecule has 5 rings (SSSR count). The number of likely N-dealkylation sites (tertiary alicyclic amines) is 1. The quantitative estimate of drug-likeness (QED) is 0.411. The SMILES string of the molecule is CN(C)C1CN(C(=O)c2nn(-c3ccc(C=CC(=O)NCc4cccnc4)cc3)c3ccccc23)C1. The molecule has 1 N–H and O–H groups in total. The lowest BCUT2D eigenvalue weighted by Crippen LogP contribution is -2.59. The van der Waals surface area contributed by atoms with Crippen molar-refractivity contribution in [3.05, 3.63) is 96.0 Å². The third-order valence-electron chi connectivity index (χ3n) is 6.42. The summed E-state index contributed by atoms with van der Waals surface area (Å²) in [6.07, 6.45) is 6.71. The topological polar surface area (TPSA) is 83.4 Å². The summed E-state index contributed by atoms with van der Waals surface area (Å²) in [5, 5.41) is 8.40. The molecule has 1 aliphatic rings. The number of nitrogens with one attached hydrogen (secondary N) is 1. The van der Waals surface area contributed by atoms with Crippen LogP contribution in [-0.2, 0) is 11.3 Å². The Morgan fingerprint density at radius 2 is 1.83 bits per heavy atom. The fourth-order valence-electron chi connectivity index (χ4n) is 4.17. The van der Waals surface area contributed by atoms with Crippen molar-refractivity contribution >= 4 is 28.8 Å². The van der Waals surface area contributed by atoms with Gasteiger partial charge in [-0.1, -0.05) is 36.4 Å². The van der Waals surface area contributed by atoms with Crippen LogP contribution in [0, 0.1) is 0 Å². The second-order valence-corrected chi connectivity index (χ2v) is 9.11. The minimum Gasteiger partial charge on any atom is -0.348 e. The molecule has 0 aliphatic carbocycles. The lowest BCUT2D eigenvalue weighted by molar-refractivity contribution is -0.116. The molecule has 0 spiro atoms. The standard InChI is InChI=1S/C28H28N6O2/c1-32(2)23-18-33(19-23)28(36)27-24-7-3-4-8-25(24)34(31-27)22-12-9-20(10-13-22)11-14-26(35)30-17-21-6-5-15-29-16-21/h3-16,23H,17-19H2,1-2H3,(H,30,35). The third kappa shape index (κ3) is 4.89. The average Bonchev–Trinajstić information content (AvgIpc) is 3.26. The number of aromatic nitrogens is 3. The van der Waals surface area contributed by atoms with Crippen molar-refractivity contribution in [2.75, 3.05) is 27.2 Å². The smallest absolute Gasteiger partial charge is 0.275 e. The van der Waals surface area contributed by atoms with Crippen LogP contribution < -0.4 is 5.32 Å². The number of carbonyl (C=O) groups excluding carboxylic acids is 2. The van der Waals surface area contributed by atoms with Gasteiger partial charge in [0.25, 0.3) is 5.91 Å². The van der Waals surface area contributed by atoms with E-state index in [4.69, 9.17) is 5.10 Å². The van der Waals surface area contributed by atoms with E-state index in [0.29, 0.717) is 31.4 Å². The van der Waals surface area contributed by atoms with Crippen molar-refractivity contribution in [3.63, 3.8) is 0 Å². The summed E-state index contributed by atoms with van der Waals surface area (Å²) in [5.74, 6) is -0.216. The number of hydrogen-bond acceptors (Lipinski definition) is 5. The molecule has 1 saturated heterocycles. The van der Waals surface area contributed by atoms with E-state index in [1.165, 1.54) is 6.08 Å². The minimum atomic E-state index is -0.174. The molecule has 36 heavy (non-hydrogen) atoms. The summed E-state index contributed by atoms with van der Waals surface area (Å²) < 4.78 is 1.81. The van der Waals surface area contributed by atoms with E-state index in [1.807, 2.05) is 79.7 Å². The predicted octanol–water partition coefficient (Wildman–Crippen LogP) is 3.14. The Morgan fingerprint density at radius 1 is 1.06 bits per heavy atom. The van der Waals surface area contributed by atoms with Crippen LogP contribution in [0.5, 0.6) is 0 Å². The molecular weight excluding hydrogens is 452 g/mol. The van der Waals surface area contributed by atoms with Gasteiger partial charge in [0.05, 0.1) is 11.2 Å². The predicted molar refractivity (Wildman–Crippen MR) is 140 cm³/mol. The Labute approximate surface area is 209 Å². The van der Waals surface area contributed by atoms with Crippen LogP contribution in [0.4, 0.5) is 0 Å². The van der Waals surface area contributed by atoms with E-state index in [1.54, 1.807) is 23.2 Å². The number of rotatable bonds is 7. The molecule has 8 nitrogen and oxygen atoms in total. The van der Waals surface area contributed by atoms with Gasteiger partial charge in [-0.05, 0) is 55.6 Å². The summed E-state index contributed by atoms with van der Waals surface area (Å²) in [6, 6.07) is 19.7. The maximum absolute atomic E-state index is 13.2. The Balaban J connectivity index is 1.30. The highest BCUT2D eigenvalue weighted by Crippen LogP contribution is 2.25. The molecule has 8 heteroatoms. The van der Waals surface area contributed by atoms with E-state index in [-0.39, 0.29) is 11.8 Å². The van der Waals surface area contributed by atoms with Crippen LogP contribution in [0.1, 0.15) is 21.6 Å². The van der Waals surface area contributed by atoms with Crippen LogP contribution in [0.25, 0.3) is 22.7 Å². The van der Waals surface area contributed by atoms with Crippen molar-refractivity contribution in [2.24, 2.45) is 0 Å². The lowest BCUT2D eigenvalue weighted by Gasteiger charge is -2.42. The first-order valence-corrected chi connectivity index (χ1v) is 11.9. The van der Waals surface area contributed by atoms with Gasteiger partial charge in [-0.3, -0.25) is 14.6 Å². The molecule has 182 valence electrons. The van der Waals surface area contributed by atoms with Crippen LogP contribution in [0.2, 0.25) is 0 Å². The van der Waals surface area contributed by atoms with Gasteiger partial charge in [0, 0.05) is 49.5 Å². The first-order chi connectivity index (χ1) is 17.5. The summed E-state index contributed by atoms with van der Waals surface area (Å²) in [6.45, 7) is 1.85. The zero-order chi connectivity index (χ0) is 25.1. The zero-order valence-corrected chi connectivity index (χ0v) is 20.3. The highest BCUT2D eigenvalue weighted by molar-refractivity contribution is 6.05. The molecule has 0 saturated carbocycles. The van der Waals surface area contributed by atoms with E-state index >= 15 is 0 Å². The van der Waals surface area contributed by atoms with Crippen molar-refractivity contribution in [1.82, 2.24) is 29.9 Å². The van der Waals surface area contributed by atoms with Crippen LogP contribution in [-0.4, -0.2) is 69.6 Å². The molecular formula is C28H28N6O2. The first-order valence-electron chi connectivity index (χ1n) is 11.9. The van der Waals surface area contributed by atoms with Gasteiger partial charge in [-0.25, -0.2) is 4.68 Å². The summed E-state index contributed by atoms with van der Waals surface area (Å²) in [5.41, 5.74) is 4.02. The fourth-order valence-corrected chi connectivity index (χ4v) is 4.17. The van der Waals surface area contributed by atoms with Crippen molar-refractivity contribution < 1.29 is 9.59 Å². The van der Waals surface area contributed by atoms with Gasteiger partial charge >= 0.3 is 0 Å². The van der Waals surface area contributed by atoms with E-state index < -0.39 is 0 Å². The molecule has 0 bridgehead atoms. The second kappa shape index (κ2) is 10.1. The third-order valence-corrected chi connectivity index (χ3v) is 6.42. The number of para-hydroxylation sites is 1. The van der Waals surface area contributed by atoms with Gasteiger partial charge in [-0.15, -0.1) is 0 Å². The largest absolute Gasteiger partial charge is 0.348 e. The van der Waals surface area contributed by atoms with Crippen LogP contribution in [0.3, 0.4) is 0 Å². The summed E-state index contributed by atoms with van der Waals surface area (Å²) in [7, 11) is 4.06. The molecule has 0 atom stereocenters. The maximum atomic E-state index is 13.2. The van der Waals surface area contributed by atoms with Gasteiger partial charge in [0.15, 0.2) is 5.69 Å². The maximum Gasteiger partial charge on any atom is 0.275 e. The number of hydrogen-bond donors (Lipinski definition) is 1. The Morgan fingerprint density at radius 3 is 2.56 bits per heavy atom. The Kier molecular flexibility index (Phi) is 6.60. The highest BCUT2D eigenvalue weighted by Gasteiger charge is 2.34. The summed E-state index contributed by atoms with van der Waals surface area (Å²) >= 11 is 0. The van der Waals surface area contributed by atoms with Crippen molar-refractivity contribution in [2.45, 2.75) is 12.6 Å². The van der Waals surface area contributed by atoms with Crippen molar-refractivity contribution in [3.8, 4) is 5.69 Å². The Bertz CT molecular complexity index is 1400. The molecule has 0 radical (unpaired) electrons. The monoisotopic (exact) mass is 480 g/mol. The molecule has 4 aromatic rings. The molecule has 3 heterocycles. The summed E-state index contributed by atoms with van der Waals surface area (Å²) in [4.78, 5) is 33.4. The zero-order valence-electron chi connectivity index (χ0n) is 20.3. The molecule has 2 aromatic heterocycles. The number of fused-ring (bicyclic) bond motifs is 1. The molecule has 1 fully saturated rings. The van der Waals surface area contributed by atoms with Gasteiger partial charge in [0.1, 0.15) is 0 Å². The molecule has 0 unspecified atom stereocenters. The average molecular weight is 481 g/mol. The van der Waals surface area contributed by atoms with E-state index in [2.05, 4.69) is 15.2 Å². The van der Waals surface area contributed by atoms with E-state index in [0.717, 1.165) is 27.7 Å².